The van der Waals surface area contributed by atoms with Crippen molar-refractivity contribution in [3.8, 4) is 0 Å². The Balaban J connectivity index is 1.57. The zero-order valence-electron chi connectivity index (χ0n) is 16.6. The normalized spacial score (nSPS) is 22.0. The molecule has 14 heteroatoms. The van der Waals surface area contributed by atoms with Gasteiger partial charge in [-0.15, -0.1) is 11.3 Å². The molecule has 0 aliphatic carbocycles. The van der Waals surface area contributed by atoms with Gasteiger partial charge in [-0.3, -0.25) is 9.52 Å². The van der Waals surface area contributed by atoms with E-state index in [0.29, 0.717) is 11.3 Å². The molecule has 1 saturated heterocycles. The van der Waals surface area contributed by atoms with Crippen molar-refractivity contribution in [2.45, 2.75) is 28.5 Å². The first-order valence-electron chi connectivity index (χ1n) is 9.47. The van der Waals surface area contributed by atoms with Crippen LogP contribution in [-0.4, -0.2) is 54.6 Å². The molecule has 8 nitrogen and oxygen atoms in total. The summed E-state index contributed by atoms with van der Waals surface area (Å²) in [7, 11) is -4.30. The number of hydrogen-bond acceptors (Lipinski definition) is 7. The van der Waals surface area contributed by atoms with Gasteiger partial charge in [0.05, 0.1) is 10.7 Å². The second-order valence-electron chi connectivity index (χ2n) is 7.56. The van der Waals surface area contributed by atoms with Gasteiger partial charge >= 0.3 is 6.18 Å². The maximum Gasteiger partial charge on any atom is 0.419 e. The fourth-order valence-corrected chi connectivity index (χ4v) is 5.95. The molecule has 4 N–H and O–H groups in total. The van der Waals surface area contributed by atoms with E-state index < -0.39 is 57.9 Å². The van der Waals surface area contributed by atoms with Crippen LogP contribution in [0.5, 0.6) is 0 Å². The predicted octanol–water partition coefficient (Wildman–Crippen LogP) is 2.39. The Morgan fingerprint density at radius 3 is 2.64 bits per heavy atom. The lowest BCUT2D eigenvalue weighted by Crippen LogP contribution is -2.62. The Morgan fingerprint density at radius 1 is 1.24 bits per heavy atom. The number of nitrogens with one attached hydrogen (secondary N) is 2. The van der Waals surface area contributed by atoms with Crippen molar-refractivity contribution >= 4 is 42.8 Å². The average molecular weight is 507 g/mol. The molecule has 0 saturated carbocycles. The molecule has 0 amide bonds. The van der Waals surface area contributed by atoms with E-state index in [1.165, 1.54) is 29.3 Å². The van der Waals surface area contributed by atoms with Crippen LogP contribution in [0.15, 0.2) is 45.5 Å². The number of fused-ring (bicyclic) bond motifs is 1. The van der Waals surface area contributed by atoms with E-state index in [1.54, 1.807) is 0 Å². The van der Waals surface area contributed by atoms with E-state index in [-0.39, 0.29) is 26.5 Å². The van der Waals surface area contributed by atoms with Gasteiger partial charge in [-0.2, -0.15) is 13.2 Å². The topological polar surface area (TPSA) is 123 Å². The van der Waals surface area contributed by atoms with Gasteiger partial charge in [-0.05, 0) is 35.7 Å². The van der Waals surface area contributed by atoms with Gasteiger partial charge in [-0.25, -0.2) is 12.8 Å². The molecule has 1 aromatic carbocycles. The molecular weight excluding hydrogens is 490 g/mol. The summed E-state index contributed by atoms with van der Waals surface area (Å²) in [6, 6.07) is 6.06. The van der Waals surface area contributed by atoms with E-state index in [0.717, 1.165) is 12.1 Å². The van der Waals surface area contributed by atoms with Gasteiger partial charge in [-0.1, -0.05) is 0 Å². The van der Waals surface area contributed by atoms with E-state index in [4.69, 9.17) is 0 Å². The van der Waals surface area contributed by atoms with Crippen LogP contribution in [0.1, 0.15) is 6.42 Å². The maximum absolute atomic E-state index is 14.4. The number of aromatic nitrogens is 1. The first-order valence-corrected chi connectivity index (χ1v) is 11.8. The van der Waals surface area contributed by atoms with Crippen molar-refractivity contribution in [1.29, 1.82) is 0 Å². The number of β-amino-alcohol motifs (C(OH)–C–C–N with tert-alkyl or cyclic N) is 1. The Hall–Kier alpha value is -2.68. The Labute approximate surface area is 188 Å². The lowest BCUT2D eigenvalue weighted by Gasteiger charge is -2.43. The number of anilines is 2. The third-order valence-corrected chi connectivity index (χ3v) is 8.45. The zero-order chi connectivity index (χ0) is 24.2. The summed E-state index contributed by atoms with van der Waals surface area (Å²) in [6.45, 7) is -0.839. The molecule has 1 aliphatic rings. The van der Waals surface area contributed by atoms with Crippen molar-refractivity contribution in [2.75, 3.05) is 22.7 Å². The van der Waals surface area contributed by atoms with Crippen molar-refractivity contribution in [3.05, 3.63) is 52.7 Å². The molecule has 4 rings (SSSR count). The molecule has 3 heterocycles. The number of rotatable bonds is 4. The molecule has 2 aromatic heterocycles. The monoisotopic (exact) mass is 507 g/mol. The van der Waals surface area contributed by atoms with Crippen LogP contribution < -0.4 is 15.2 Å². The second kappa shape index (κ2) is 7.97. The second-order valence-corrected chi connectivity index (χ2v) is 10.5. The van der Waals surface area contributed by atoms with Crippen LogP contribution in [0.4, 0.5) is 28.3 Å². The Bertz CT molecular complexity index is 1370. The number of piperidine rings is 1. The Morgan fingerprint density at radius 2 is 1.97 bits per heavy atom. The highest BCUT2D eigenvalue weighted by Crippen LogP contribution is 2.41. The van der Waals surface area contributed by atoms with Crippen molar-refractivity contribution in [3.63, 3.8) is 0 Å². The van der Waals surface area contributed by atoms with E-state index in [2.05, 4.69) is 9.71 Å². The van der Waals surface area contributed by atoms with E-state index in [9.17, 15) is 41.0 Å². The fraction of sp³-hybridized carbons (Fsp3) is 0.316. The maximum atomic E-state index is 14.4. The number of benzene rings is 1. The smallest absolute Gasteiger partial charge is 0.388 e. The van der Waals surface area contributed by atoms with Crippen molar-refractivity contribution in [2.24, 2.45) is 0 Å². The fourth-order valence-electron chi connectivity index (χ4n) is 3.56. The SMILES string of the molecule is O=c1[nH]ccc2cc(F)c(NS(=O)(=O)c3ccc(N4CCC(O)(C(F)(F)F)C(O)C4)s3)cc12. The summed E-state index contributed by atoms with van der Waals surface area (Å²) in [5.74, 6) is -0.904. The molecular formula is C19H17F4N3O5S2. The highest BCUT2D eigenvalue weighted by molar-refractivity contribution is 7.94. The average Bonchev–Trinajstić information content (AvgIpc) is 3.22. The zero-order valence-corrected chi connectivity index (χ0v) is 18.2. The van der Waals surface area contributed by atoms with E-state index >= 15 is 0 Å². The first kappa shape index (κ1) is 23.5. The summed E-state index contributed by atoms with van der Waals surface area (Å²) in [5, 5.41) is 20.3. The van der Waals surface area contributed by atoms with Gasteiger partial charge in [0.15, 0.2) is 5.60 Å². The van der Waals surface area contributed by atoms with Crippen molar-refractivity contribution < 1.29 is 36.2 Å². The minimum atomic E-state index is -5.02. The van der Waals surface area contributed by atoms with Crippen LogP contribution in [-0.2, 0) is 10.0 Å². The molecule has 178 valence electrons. The summed E-state index contributed by atoms with van der Waals surface area (Å²) >= 11 is 0.699. The minimum absolute atomic E-state index is 0.0722. The molecule has 0 bridgehead atoms. The number of aliphatic hydroxyl groups is 2. The number of hydrogen-bond donors (Lipinski definition) is 4. The summed E-state index contributed by atoms with van der Waals surface area (Å²) in [6.07, 6.45) is -6.62. The van der Waals surface area contributed by atoms with Crippen LogP contribution in [0, 0.1) is 5.82 Å². The number of sulfonamides is 1. The highest BCUT2D eigenvalue weighted by atomic mass is 32.2. The molecule has 2 unspecified atom stereocenters. The minimum Gasteiger partial charge on any atom is -0.388 e. The third-order valence-electron chi connectivity index (χ3n) is 5.45. The summed E-state index contributed by atoms with van der Waals surface area (Å²) in [4.78, 5) is 15.7. The molecule has 1 fully saturated rings. The van der Waals surface area contributed by atoms with Crippen LogP contribution in [0.3, 0.4) is 0 Å². The lowest BCUT2D eigenvalue weighted by atomic mass is 9.88. The number of nitrogens with zero attached hydrogens (tertiary/aromatic N) is 1. The van der Waals surface area contributed by atoms with Crippen LogP contribution in [0.25, 0.3) is 10.8 Å². The molecule has 0 spiro atoms. The van der Waals surface area contributed by atoms with Gasteiger partial charge in [0.1, 0.15) is 16.1 Å². The number of alkyl halides is 3. The molecule has 33 heavy (non-hydrogen) atoms. The Kier molecular flexibility index (Phi) is 5.67. The number of aliphatic hydroxyl groups excluding tert-OH is 1. The highest BCUT2D eigenvalue weighted by Gasteiger charge is 2.60. The summed E-state index contributed by atoms with van der Waals surface area (Å²) in [5.41, 5.74) is -4.23. The quantitative estimate of drug-likeness (QED) is 0.403. The number of aromatic amines is 1. The van der Waals surface area contributed by atoms with Crippen LogP contribution in [0.2, 0.25) is 0 Å². The van der Waals surface area contributed by atoms with Gasteiger partial charge in [0.2, 0.25) is 0 Å². The molecule has 2 atom stereocenters. The van der Waals surface area contributed by atoms with Gasteiger partial charge in [0, 0.05) is 31.1 Å². The number of H-pyrrole nitrogens is 1. The number of halogens is 4. The molecule has 0 radical (unpaired) electrons. The van der Waals surface area contributed by atoms with Crippen LogP contribution >= 0.6 is 11.3 Å². The summed E-state index contributed by atoms with van der Waals surface area (Å²) < 4.78 is 80.9. The van der Waals surface area contributed by atoms with Crippen molar-refractivity contribution in [1.82, 2.24) is 4.98 Å². The lowest BCUT2D eigenvalue weighted by molar-refractivity contribution is -0.294. The van der Waals surface area contributed by atoms with Gasteiger partial charge in [0.25, 0.3) is 15.6 Å². The van der Waals surface area contributed by atoms with Gasteiger partial charge < -0.3 is 20.1 Å². The number of thiophene rings is 1. The molecule has 3 aromatic rings. The first-order chi connectivity index (χ1) is 15.3. The third kappa shape index (κ3) is 4.18. The van der Waals surface area contributed by atoms with E-state index in [1.807, 2.05) is 0 Å². The largest absolute Gasteiger partial charge is 0.419 e. The number of pyridine rings is 1. The molecule has 1 aliphatic heterocycles. The standard InChI is InChI=1S/C19H17F4N3O5S2/c20-12-7-10-3-5-24-17(28)11(10)8-13(12)25-33(30,31)16-2-1-15(32-16)26-6-4-18(29,14(27)9-26)19(21,22)23/h1-3,5,7-8,14,25,27,29H,4,6,9H2,(H,24,28). The predicted molar refractivity (Wildman–Crippen MR) is 113 cm³/mol.